The van der Waals surface area contributed by atoms with Crippen molar-refractivity contribution in [2.75, 3.05) is 19.8 Å². The Hall–Kier alpha value is -3.38. The van der Waals surface area contributed by atoms with E-state index in [4.69, 9.17) is 29.6 Å². The fourth-order valence-corrected chi connectivity index (χ4v) is 6.22. The number of hydrogen-bond acceptors (Lipinski definition) is 10. The highest BCUT2D eigenvalue weighted by Gasteiger charge is 2.36. The summed E-state index contributed by atoms with van der Waals surface area (Å²) in [5.41, 5.74) is 5.33. The Labute approximate surface area is 354 Å². The minimum atomic E-state index is -4.75. The molecule has 334 valence electrons. The Morgan fingerprint density at radius 2 is 1.03 bits per heavy atom. The molecule has 0 aromatic carbocycles. The van der Waals surface area contributed by atoms with Gasteiger partial charge in [-0.2, -0.15) is 0 Å². The lowest BCUT2D eigenvalue weighted by atomic mass is 10.1. The number of carboxylic acid groups (broad SMARTS) is 1. The molecule has 0 aromatic heterocycles. The first-order chi connectivity index (χ1) is 28.6. The Morgan fingerprint density at radius 3 is 1.54 bits per heavy atom. The van der Waals surface area contributed by atoms with E-state index >= 15 is 0 Å². The summed E-state index contributed by atoms with van der Waals surface area (Å²) in [6.45, 7) is 2.60. The highest BCUT2D eigenvalue weighted by Crippen LogP contribution is 2.43. The average Bonchev–Trinajstić information content (AvgIpc) is 3.97. The monoisotopic (exact) mass is 847 g/mol. The summed E-state index contributed by atoms with van der Waals surface area (Å²) in [6.07, 6.45) is 46.9. The van der Waals surface area contributed by atoms with Crippen molar-refractivity contribution in [3.05, 3.63) is 85.1 Å². The van der Waals surface area contributed by atoms with Crippen LogP contribution in [0.15, 0.2) is 85.1 Å². The second kappa shape index (κ2) is 36.5. The SMILES string of the molecule is CCCCC/C=C\C/C=C\C/C=C\C/C=C\CCCC(=O)OC[C@H](COP(=O)(O)OC[C@H](N)C(=O)O)OC(=O)CCC/C=C\C/C=C\CC1OC1C/C=C\CCCCC. The van der Waals surface area contributed by atoms with Gasteiger partial charge in [0.2, 0.25) is 0 Å². The topological polar surface area (TPSA) is 184 Å². The molecule has 0 spiro atoms. The smallest absolute Gasteiger partial charge is 0.472 e. The van der Waals surface area contributed by atoms with Crippen molar-refractivity contribution in [3.8, 4) is 0 Å². The zero-order valence-corrected chi connectivity index (χ0v) is 36.6. The summed E-state index contributed by atoms with van der Waals surface area (Å²) >= 11 is 0. The Morgan fingerprint density at radius 1 is 0.610 bits per heavy atom. The molecule has 59 heavy (non-hydrogen) atoms. The third kappa shape index (κ3) is 34.1. The van der Waals surface area contributed by atoms with Gasteiger partial charge < -0.3 is 29.9 Å². The number of carbonyl (C=O) groups is 3. The maximum Gasteiger partial charge on any atom is 0.472 e. The van der Waals surface area contributed by atoms with Gasteiger partial charge in [-0.05, 0) is 89.9 Å². The average molecular weight is 848 g/mol. The number of unbranched alkanes of at least 4 members (excludes halogenated alkanes) is 8. The normalized spacial score (nSPS) is 18.0. The predicted molar refractivity (Wildman–Crippen MR) is 235 cm³/mol. The van der Waals surface area contributed by atoms with Crippen LogP contribution in [-0.4, -0.2) is 72.1 Å². The number of hydrogen-bond donors (Lipinski definition) is 3. The van der Waals surface area contributed by atoms with Gasteiger partial charge in [-0.3, -0.25) is 23.4 Å². The molecule has 3 unspecified atom stereocenters. The summed E-state index contributed by atoms with van der Waals surface area (Å²) in [7, 11) is -4.75. The zero-order chi connectivity index (χ0) is 43.2. The standard InChI is InChI=1S/C46H74NO11P/c1-3-5-7-9-11-12-13-14-15-16-17-18-19-20-23-27-31-35-44(48)54-37-40(38-55-59(52,53)56-39-41(47)46(50)51)57-45(49)36-32-28-24-21-22-26-30-34-43-42(58-43)33-29-25-10-8-6-4-2/h11-12,14-15,17-18,20-21,23-26,29-30,40-43H,3-10,13,16,19,22,27-28,31-39,47H2,1-2H3,(H,50,51)(H,52,53)/b12-11-,15-14-,18-17-,23-20-,24-21-,29-25-,30-26-/t40-,41+,42?,43?/m1/s1. The maximum atomic E-state index is 12.6. The van der Waals surface area contributed by atoms with Gasteiger partial charge in [0.05, 0.1) is 25.4 Å². The van der Waals surface area contributed by atoms with Crippen LogP contribution < -0.4 is 5.73 Å². The van der Waals surface area contributed by atoms with Crippen molar-refractivity contribution in [1.82, 2.24) is 0 Å². The maximum absolute atomic E-state index is 12.6. The number of nitrogens with two attached hydrogens (primary N) is 1. The highest BCUT2D eigenvalue weighted by atomic mass is 31.2. The minimum absolute atomic E-state index is 0.0634. The molecule has 0 aliphatic carbocycles. The highest BCUT2D eigenvalue weighted by molar-refractivity contribution is 7.47. The van der Waals surface area contributed by atoms with Gasteiger partial charge >= 0.3 is 25.7 Å². The molecule has 5 atom stereocenters. The van der Waals surface area contributed by atoms with Crippen LogP contribution in [0.4, 0.5) is 0 Å². The first-order valence-corrected chi connectivity index (χ1v) is 23.2. The van der Waals surface area contributed by atoms with Gasteiger partial charge in [-0.25, -0.2) is 4.57 Å². The molecule has 4 N–H and O–H groups in total. The molecular weight excluding hydrogens is 773 g/mol. The number of allylic oxidation sites excluding steroid dienone is 12. The molecule has 0 radical (unpaired) electrons. The largest absolute Gasteiger partial charge is 0.480 e. The molecule has 0 bridgehead atoms. The second-order valence-corrected chi connectivity index (χ2v) is 16.0. The molecule has 12 nitrogen and oxygen atoms in total. The van der Waals surface area contributed by atoms with Crippen LogP contribution in [-0.2, 0) is 42.2 Å². The number of carbonyl (C=O) groups excluding carboxylic acids is 2. The summed E-state index contributed by atoms with van der Waals surface area (Å²) < 4.78 is 38.3. The van der Waals surface area contributed by atoms with E-state index in [9.17, 15) is 23.8 Å². The van der Waals surface area contributed by atoms with Crippen LogP contribution >= 0.6 is 7.82 Å². The lowest BCUT2D eigenvalue weighted by Gasteiger charge is -2.20. The fourth-order valence-electron chi connectivity index (χ4n) is 5.44. The van der Waals surface area contributed by atoms with Crippen LogP contribution in [0.1, 0.15) is 142 Å². The van der Waals surface area contributed by atoms with Crippen LogP contribution in [0.2, 0.25) is 0 Å². The summed E-state index contributed by atoms with van der Waals surface area (Å²) in [5.74, 6) is -2.54. The van der Waals surface area contributed by atoms with Crippen molar-refractivity contribution in [3.63, 3.8) is 0 Å². The van der Waals surface area contributed by atoms with Gasteiger partial charge in [-0.1, -0.05) is 125 Å². The molecule has 1 heterocycles. The summed E-state index contributed by atoms with van der Waals surface area (Å²) in [5, 5.41) is 8.89. The number of esters is 2. The molecule has 0 aromatic rings. The molecular formula is C46H74NO11P. The number of phosphoric ester groups is 1. The molecule has 1 saturated heterocycles. The molecule has 0 saturated carbocycles. The van der Waals surface area contributed by atoms with Crippen LogP contribution in [0.25, 0.3) is 0 Å². The molecule has 1 aliphatic rings. The number of carboxylic acids is 1. The number of rotatable bonds is 38. The molecule has 1 rings (SSSR count). The van der Waals surface area contributed by atoms with Crippen LogP contribution in [0, 0.1) is 0 Å². The van der Waals surface area contributed by atoms with Gasteiger partial charge in [0, 0.05) is 12.8 Å². The molecule has 1 aliphatic heterocycles. The van der Waals surface area contributed by atoms with E-state index in [-0.39, 0.29) is 12.8 Å². The number of aliphatic carboxylic acids is 1. The Kier molecular flexibility index (Phi) is 33.2. The van der Waals surface area contributed by atoms with E-state index in [1.54, 1.807) is 0 Å². The van der Waals surface area contributed by atoms with Crippen molar-refractivity contribution in [1.29, 1.82) is 0 Å². The summed E-state index contributed by atoms with van der Waals surface area (Å²) in [6, 6.07) is -1.54. The van der Waals surface area contributed by atoms with Crippen molar-refractivity contribution in [2.45, 2.75) is 167 Å². The van der Waals surface area contributed by atoms with E-state index in [2.05, 4.69) is 79.1 Å². The summed E-state index contributed by atoms with van der Waals surface area (Å²) in [4.78, 5) is 45.9. The van der Waals surface area contributed by atoms with Crippen LogP contribution in [0.3, 0.4) is 0 Å². The van der Waals surface area contributed by atoms with Gasteiger partial charge in [0.15, 0.2) is 6.10 Å². The van der Waals surface area contributed by atoms with E-state index in [0.29, 0.717) is 37.9 Å². The fraction of sp³-hybridized carbons (Fsp3) is 0.630. The molecule has 0 amide bonds. The van der Waals surface area contributed by atoms with Gasteiger partial charge in [-0.15, -0.1) is 0 Å². The van der Waals surface area contributed by atoms with E-state index in [1.807, 2.05) is 24.3 Å². The Bertz CT molecular complexity index is 1390. The first-order valence-electron chi connectivity index (χ1n) is 21.7. The predicted octanol–water partition coefficient (Wildman–Crippen LogP) is 10.5. The Balaban J connectivity index is 2.38. The van der Waals surface area contributed by atoms with Gasteiger partial charge in [0.25, 0.3) is 0 Å². The minimum Gasteiger partial charge on any atom is -0.480 e. The van der Waals surface area contributed by atoms with E-state index in [0.717, 1.165) is 51.4 Å². The number of phosphoric acid groups is 1. The third-order valence-electron chi connectivity index (χ3n) is 9.02. The van der Waals surface area contributed by atoms with E-state index in [1.165, 1.54) is 38.5 Å². The van der Waals surface area contributed by atoms with Crippen molar-refractivity contribution in [2.24, 2.45) is 5.73 Å². The molecule has 1 fully saturated rings. The van der Waals surface area contributed by atoms with Gasteiger partial charge in [0.1, 0.15) is 12.6 Å². The van der Waals surface area contributed by atoms with Crippen LogP contribution in [0.5, 0.6) is 0 Å². The lowest BCUT2D eigenvalue weighted by Crippen LogP contribution is -2.34. The van der Waals surface area contributed by atoms with E-state index < -0.39 is 57.7 Å². The van der Waals surface area contributed by atoms with Crippen molar-refractivity contribution < 1.29 is 52.2 Å². The quantitative estimate of drug-likeness (QED) is 0.0176. The lowest BCUT2D eigenvalue weighted by molar-refractivity contribution is -0.161. The number of ether oxygens (including phenoxy) is 3. The zero-order valence-electron chi connectivity index (χ0n) is 35.7. The first kappa shape index (κ1) is 53.6. The molecule has 13 heteroatoms. The second-order valence-electron chi connectivity index (χ2n) is 14.5. The van der Waals surface area contributed by atoms with Crippen molar-refractivity contribution >= 4 is 25.7 Å². The number of epoxide rings is 1. The third-order valence-corrected chi connectivity index (χ3v) is 9.97.